The number of rotatable bonds is 5. The maximum atomic E-state index is 12.8. The number of alkyl halides is 1. The molecule has 1 unspecified atom stereocenters. The summed E-state index contributed by atoms with van der Waals surface area (Å²) in [6.07, 6.45) is -3.03. The van der Waals surface area contributed by atoms with Crippen molar-refractivity contribution >= 4 is 14.4 Å². The van der Waals surface area contributed by atoms with Crippen LogP contribution in [-0.4, -0.2) is 42.6 Å². The van der Waals surface area contributed by atoms with Gasteiger partial charge in [-0.15, -0.1) is 0 Å². The second-order valence-corrected chi connectivity index (χ2v) is 11.4. The molecule has 0 rings (SSSR count). The van der Waals surface area contributed by atoms with Gasteiger partial charge in [-0.1, -0.05) is 33.9 Å². The van der Waals surface area contributed by atoms with E-state index >= 15 is 0 Å². The molecular formula is C11H23FO3Si. The molecule has 3 atom stereocenters. The van der Waals surface area contributed by atoms with Crippen molar-refractivity contribution in [2.75, 3.05) is 0 Å². The van der Waals surface area contributed by atoms with Crippen LogP contribution in [0.3, 0.4) is 0 Å². The first-order valence-electron chi connectivity index (χ1n) is 5.49. The lowest BCUT2D eigenvalue weighted by molar-refractivity contribution is -0.113. The first-order valence-corrected chi connectivity index (χ1v) is 8.57. The van der Waals surface area contributed by atoms with Gasteiger partial charge in [-0.3, -0.25) is 0 Å². The highest BCUT2D eigenvalue weighted by atomic mass is 28.3. The van der Waals surface area contributed by atoms with Gasteiger partial charge in [0.2, 0.25) is 0 Å². The third kappa shape index (κ3) is 3.64. The van der Waals surface area contributed by atoms with Crippen LogP contribution in [0.1, 0.15) is 27.2 Å². The summed E-state index contributed by atoms with van der Waals surface area (Å²) in [6, 6.07) is 0. The summed E-state index contributed by atoms with van der Waals surface area (Å²) in [6.45, 7) is 9.91. The molecular weight excluding hydrogens is 227 g/mol. The van der Waals surface area contributed by atoms with Crippen LogP contribution in [0, 0.1) is 0 Å². The molecule has 0 aromatic rings. The summed E-state index contributed by atoms with van der Waals surface area (Å²) in [5, 5.41) is 19.7. The quantitative estimate of drug-likeness (QED) is 0.576. The lowest BCUT2D eigenvalue weighted by Crippen LogP contribution is -2.55. The highest BCUT2D eigenvalue weighted by molar-refractivity contribution is 6.81. The zero-order valence-corrected chi connectivity index (χ0v) is 11.7. The number of aldehydes is 1. The zero-order chi connectivity index (χ0) is 13.1. The van der Waals surface area contributed by atoms with E-state index < -0.39 is 26.1 Å². The van der Waals surface area contributed by atoms with Crippen molar-refractivity contribution < 1.29 is 19.4 Å². The number of halogens is 1. The van der Waals surface area contributed by atoms with Crippen molar-refractivity contribution in [3.8, 4) is 0 Å². The van der Waals surface area contributed by atoms with E-state index in [4.69, 9.17) is 0 Å². The molecule has 0 aromatic heterocycles. The van der Waals surface area contributed by atoms with Gasteiger partial charge < -0.3 is 15.0 Å². The summed E-state index contributed by atoms with van der Waals surface area (Å²) >= 11 is 0. The van der Waals surface area contributed by atoms with E-state index in [1.54, 1.807) is 0 Å². The van der Waals surface area contributed by atoms with Crippen molar-refractivity contribution in [1.29, 1.82) is 0 Å². The minimum absolute atomic E-state index is 0.0968. The number of hydrogen-bond acceptors (Lipinski definition) is 3. The fourth-order valence-corrected chi connectivity index (χ4v) is 3.33. The number of carbonyl (C=O) groups excluding carboxylic acids is 1. The summed E-state index contributed by atoms with van der Waals surface area (Å²) in [4.78, 5) is 10.2. The molecule has 0 heterocycles. The molecule has 0 aliphatic heterocycles. The van der Waals surface area contributed by atoms with Crippen LogP contribution in [0.5, 0.6) is 0 Å². The van der Waals surface area contributed by atoms with Crippen LogP contribution < -0.4 is 0 Å². The molecule has 0 aliphatic rings. The van der Waals surface area contributed by atoms with Crippen molar-refractivity contribution in [2.45, 2.75) is 63.3 Å². The summed E-state index contributed by atoms with van der Waals surface area (Å²) < 4.78 is 12.8. The fraction of sp³-hybridized carbons (Fsp3) is 0.909. The third-order valence-corrected chi connectivity index (χ3v) is 9.38. The summed E-state index contributed by atoms with van der Waals surface area (Å²) in [5.74, 6) is 0. The number of hydrogen-bond donors (Lipinski definition) is 2. The van der Waals surface area contributed by atoms with Crippen LogP contribution in [0.25, 0.3) is 0 Å². The molecule has 0 aliphatic carbocycles. The van der Waals surface area contributed by atoms with E-state index in [9.17, 15) is 19.4 Å². The topological polar surface area (TPSA) is 57.5 Å². The molecule has 0 amide bonds. The fourth-order valence-electron chi connectivity index (χ4n) is 1.34. The second-order valence-electron chi connectivity index (χ2n) is 5.87. The molecule has 3 nitrogen and oxygen atoms in total. The van der Waals surface area contributed by atoms with Gasteiger partial charge in [0.05, 0.1) is 19.9 Å². The highest BCUT2D eigenvalue weighted by Crippen LogP contribution is 2.39. The molecule has 0 spiro atoms. The van der Waals surface area contributed by atoms with Gasteiger partial charge in [-0.2, -0.15) is 0 Å². The van der Waals surface area contributed by atoms with Gasteiger partial charge in [0.15, 0.2) is 12.5 Å². The molecule has 0 fully saturated rings. The minimum atomic E-state index is -2.13. The lowest BCUT2D eigenvalue weighted by atomic mass is 10.2. The maximum absolute atomic E-state index is 12.8. The molecule has 0 radical (unpaired) electrons. The number of aliphatic hydroxyl groups is 2. The van der Waals surface area contributed by atoms with Crippen LogP contribution in [0.15, 0.2) is 0 Å². The second kappa shape index (κ2) is 5.38. The van der Waals surface area contributed by atoms with Crippen LogP contribution in [0.2, 0.25) is 18.1 Å². The predicted octanol–water partition coefficient (Wildman–Crippen LogP) is 1.68. The van der Waals surface area contributed by atoms with Crippen molar-refractivity contribution in [3.63, 3.8) is 0 Å². The van der Waals surface area contributed by atoms with E-state index in [0.29, 0.717) is 0 Å². The molecule has 5 heteroatoms. The van der Waals surface area contributed by atoms with E-state index in [1.165, 1.54) is 0 Å². The Kier molecular flexibility index (Phi) is 5.29. The first-order chi connectivity index (χ1) is 7.04. The molecule has 16 heavy (non-hydrogen) atoms. The Morgan fingerprint density at radius 3 is 2.06 bits per heavy atom. The molecule has 0 aromatic carbocycles. The van der Waals surface area contributed by atoms with Gasteiger partial charge in [-0.05, 0) is 5.04 Å². The van der Waals surface area contributed by atoms with E-state index in [1.807, 2.05) is 33.9 Å². The van der Waals surface area contributed by atoms with E-state index in [0.717, 1.165) is 0 Å². The Morgan fingerprint density at radius 1 is 1.31 bits per heavy atom. The Hall–Kier alpha value is -0.263. The van der Waals surface area contributed by atoms with Gasteiger partial charge in [0.1, 0.15) is 0 Å². The van der Waals surface area contributed by atoms with Gasteiger partial charge in [0.25, 0.3) is 0 Å². The van der Waals surface area contributed by atoms with Crippen molar-refractivity contribution in [1.82, 2.24) is 0 Å². The van der Waals surface area contributed by atoms with Crippen LogP contribution in [0.4, 0.5) is 4.39 Å². The summed E-state index contributed by atoms with van der Waals surface area (Å²) in [7, 11) is -2.13. The normalized spacial score (nSPS) is 19.0. The monoisotopic (exact) mass is 250 g/mol. The minimum Gasteiger partial charge on any atom is -0.394 e. The third-order valence-electron chi connectivity index (χ3n) is 3.65. The van der Waals surface area contributed by atoms with Crippen LogP contribution >= 0.6 is 0 Å². The Bertz CT molecular complexity index is 238. The smallest absolute Gasteiger partial charge is 0.158 e. The van der Waals surface area contributed by atoms with Gasteiger partial charge in [0, 0.05) is 6.42 Å². The molecule has 96 valence electrons. The molecule has 0 saturated heterocycles. The lowest BCUT2D eigenvalue weighted by Gasteiger charge is -2.42. The van der Waals surface area contributed by atoms with Gasteiger partial charge >= 0.3 is 0 Å². The molecule has 2 N–H and O–H groups in total. The summed E-state index contributed by atoms with van der Waals surface area (Å²) in [5.41, 5.74) is -0.925. The van der Waals surface area contributed by atoms with Crippen LogP contribution in [-0.2, 0) is 4.79 Å². The number of aliphatic hydroxyl groups excluding tert-OH is 2. The standard InChI is InChI=1S/C11H23FO3Si/c1-11(2,3)16(4,5)10(15)9(14)6-8(12)7-13/h7-10,14-15H,6H2,1-5H3/t8-,9+,10?/m1/s1. The zero-order valence-electron chi connectivity index (χ0n) is 10.7. The largest absolute Gasteiger partial charge is 0.394 e. The Morgan fingerprint density at radius 2 is 1.75 bits per heavy atom. The maximum Gasteiger partial charge on any atom is 0.158 e. The average Bonchev–Trinajstić information content (AvgIpc) is 2.14. The average molecular weight is 250 g/mol. The number of carbonyl (C=O) groups is 1. The Balaban J connectivity index is 4.66. The van der Waals surface area contributed by atoms with Crippen molar-refractivity contribution in [3.05, 3.63) is 0 Å². The highest BCUT2D eigenvalue weighted by Gasteiger charge is 2.44. The predicted molar refractivity (Wildman–Crippen MR) is 64.8 cm³/mol. The van der Waals surface area contributed by atoms with Gasteiger partial charge in [-0.25, -0.2) is 4.39 Å². The SMILES string of the molecule is CC(C)(C)[Si](C)(C)C(O)[C@@H](O)C[C@@H](F)C=O. The molecule has 0 saturated carbocycles. The van der Waals surface area contributed by atoms with E-state index in [2.05, 4.69) is 0 Å². The van der Waals surface area contributed by atoms with E-state index in [-0.39, 0.29) is 17.7 Å². The first kappa shape index (κ1) is 15.7. The molecule has 0 bridgehead atoms. The van der Waals surface area contributed by atoms with Crippen molar-refractivity contribution in [2.24, 2.45) is 0 Å². The Labute approximate surface area is 97.7 Å².